The lowest BCUT2D eigenvalue weighted by Gasteiger charge is -2.27. The topological polar surface area (TPSA) is 49.3 Å². The van der Waals surface area contributed by atoms with E-state index in [0.29, 0.717) is 0 Å². The Hall–Kier alpha value is -2.57. The summed E-state index contributed by atoms with van der Waals surface area (Å²) < 4.78 is 2.18. The molecular formula is C24H30N4OS. The minimum atomic E-state index is -0.159. The molecule has 0 spiro atoms. The van der Waals surface area contributed by atoms with E-state index in [0.717, 1.165) is 43.7 Å². The lowest BCUT2D eigenvalue weighted by Crippen LogP contribution is -2.33. The van der Waals surface area contributed by atoms with Gasteiger partial charge in [-0.15, -0.1) is 11.3 Å². The van der Waals surface area contributed by atoms with Crippen LogP contribution >= 0.6 is 11.3 Å². The Kier molecular flexibility index (Phi) is 6.25. The minimum absolute atomic E-state index is 0.0793. The van der Waals surface area contributed by atoms with Gasteiger partial charge in [-0.2, -0.15) is 0 Å². The Morgan fingerprint density at radius 2 is 1.93 bits per heavy atom. The summed E-state index contributed by atoms with van der Waals surface area (Å²) in [5.74, 6) is 0. The second kappa shape index (κ2) is 9.06. The number of aromatic nitrogens is 1. The summed E-state index contributed by atoms with van der Waals surface area (Å²) in [4.78, 5) is 16.7. The third-order valence-electron chi connectivity index (χ3n) is 5.87. The van der Waals surface area contributed by atoms with Crippen LogP contribution in [-0.4, -0.2) is 28.6 Å². The number of rotatable bonds is 6. The Bertz CT molecular complexity index is 1010. The van der Waals surface area contributed by atoms with E-state index in [1.165, 1.54) is 21.0 Å². The van der Waals surface area contributed by atoms with Crippen LogP contribution in [0.2, 0.25) is 0 Å². The third-order valence-corrected chi connectivity index (χ3v) is 7.12. The van der Waals surface area contributed by atoms with E-state index in [2.05, 4.69) is 59.3 Å². The van der Waals surface area contributed by atoms with Crippen LogP contribution < -0.4 is 10.6 Å². The predicted octanol–water partition coefficient (Wildman–Crippen LogP) is 5.36. The van der Waals surface area contributed by atoms with Crippen molar-refractivity contribution >= 4 is 23.1 Å². The molecule has 3 heterocycles. The van der Waals surface area contributed by atoms with E-state index in [4.69, 9.17) is 0 Å². The summed E-state index contributed by atoms with van der Waals surface area (Å²) in [6.07, 6.45) is 6.09. The van der Waals surface area contributed by atoms with Crippen molar-refractivity contribution in [1.82, 2.24) is 14.8 Å². The second-order valence-corrected chi connectivity index (χ2v) is 8.85. The molecule has 0 aliphatic carbocycles. The van der Waals surface area contributed by atoms with Crippen molar-refractivity contribution in [2.75, 3.05) is 18.4 Å². The molecule has 30 heavy (non-hydrogen) atoms. The zero-order valence-corrected chi connectivity index (χ0v) is 18.8. The van der Waals surface area contributed by atoms with Crippen molar-refractivity contribution < 1.29 is 4.79 Å². The standard InChI is InChI=1S/C24H30N4OS/c1-4-18-10-6-7-11-20(18)26-24(29)25-17(3)22-19-12-15-27(5-2)16-21(19)30-23(22)28-13-8-9-14-28/h6-11,13-14,17H,4-5,12,15-16H2,1-3H3,(H2,25,26,29)/t17-/m1/s1. The van der Waals surface area contributed by atoms with Gasteiger partial charge in [-0.3, -0.25) is 4.90 Å². The van der Waals surface area contributed by atoms with E-state index >= 15 is 0 Å². The van der Waals surface area contributed by atoms with Gasteiger partial charge in [-0.1, -0.05) is 32.0 Å². The molecule has 0 radical (unpaired) electrons. The van der Waals surface area contributed by atoms with Gasteiger partial charge in [0, 0.05) is 41.6 Å². The van der Waals surface area contributed by atoms with Gasteiger partial charge < -0.3 is 15.2 Å². The molecule has 0 saturated heterocycles. The van der Waals surface area contributed by atoms with Gasteiger partial charge in [0.2, 0.25) is 0 Å². The van der Waals surface area contributed by atoms with Crippen LogP contribution in [0.25, 0.3) is 5.00 Å². The number of hydrogen-bond acceptors (Lipinski definition) is 3. The number of carbonyl (C=O) groups is 1. The fourth-order valence-corrected chi connectivity index (χ4v) is 5.68. The molecule has 0 fully saturated rings. The molecule has 2 aromatic heterocycles. The molecule has 6 heteroatoms. The monoisotopic (exact) mass is 422 g/mol. The fraction of sp³-hybridized carbons (Fsp3) is 0.375. The molecule has 0 unspecified atom stereocenters. The Morgan fingerprint density at radius 1 is 1.17 bits per heavy atom. The fourth-order valence-electron chi connectivity index (χ4n) is 4.22. The number of hydrogen-bond donors (Lipinski definition) is 2. The number of fused-ring (bicyclic) bond motifs is 1. The van der Waals surface area contributed by atoms with Crippen molar-refractivity contribution in [3.05, 3.63) is 70.4 Å². The van der Waals surface area contributed by atoms with E-state index < -0.39 is 0 Å². The number of likely N-dealkylation sites (N-methyl/N-ethyl adjacent to an activating group) is 1. The number of urea groups is 1. The lowest BCUT2D eigenvalue weighted by molar-refractivity contribution is 0.249. The van der Waals surface area contributed by atoms with Crippen LogP contribution in [0, 0.1) is 0 Å². The number of para-hydroxylation sites is 1. The van der Waals surface area contributed by atoms with Crippen molar-refractivity contribution in [3.8, 4) is 5.00 Å². The molecule has 1 aliphatic heterocycles. The van der Waals surface area contributed by atoms with Gasteiger partial charge in [0.25, 0.3) is 0 Å². The molecule has 1 atom stereocenters. The maximum Gasteiger partial charge on any atom is 0.319 e. The summed E-state index contributed by atoms with van der Waals surface area (Å²) >= 11 is 1.85. The van der Waals surface area contributed by atoms with E-state index in [1.54, 1.807) is 0 Å². The average molecular weight is 423 g/mol. The first-order chi connectivity index (χ1) is 14.6. The van der Waals surface area contributed by atoms with Crippen LogP contribution in [0.1, 0.15) is 48.4 Å². The second-order valence-electron chi connectivity index (χ2n) is 7.76. The summed E-state index contributed by atoms with van der Waals surface area (Å²) in [5, 5.41) is 7.45. The van der Waals surface area contributed by atoms with Gasteiger partial charge in [0.05, 0.1) is 6.04 Å². The molecule has 3 aromatic rings. The van der Waals surface area contributed by atoms with E-state index in [1.807, 2.05) is 41.7 Å². The number of nitrogens with one attached hydrogen (secondary N) is 2. The molecule has 5 nitrogen and oxygen atoms in total. The summed E-state index contributed by atoms with van der Waals surface area (Å²) in [5.41, 5.74) is 4.68. The van der Waals surface area contributed by atoms with Crippen LogP contribution in [0.4, 0.5) is 10.5 Å². The summed E-state index contributed by atoms with van der Waals surface area (Å²) in [7, 11) is 0. The number of aryl methyl sites for hydroxylation is 1. The SMILES string of the molecule is CCc1ccccc1NC(=O)N[C@H](C)c1c(-n2cccc2)sc2c1CCN(CC)C2. The molecule has 1 aromatic carbocycles. The zero-order valence-electron chi connectivity index (χ0n) is 17.9. The van der Waals surface area contributed by atoms with Crippen LogP contribution in [0.5, 0.6) is 0 Å². The molecule has 0 saturated carbocycles. The highest BCUT2D eigenvalue weighted by molar-refractivity contribution is 7.15. The smallest absolute Gasteiger partial charge is 0.319 e. The van der Waals surface area contributed by atoms with Crippen molar-refractivity contribution in [2.24, 2.45) is 0 Å². The number of benzene rings is 1. The number of thiophene rings is 1. The largest absolute Gasteiger partial charge is 0.331 e. The number of nitrogens with zero attached hydrogens (tertiary/aromatic N) is 2. The first-order valence-corrected chi connectivity index (χ1v) is 11.6. The van der Waals surface area contributed by atoms with E-state index in [9.17, 15) is 4.79 Å². The molecule has 158 valence electrons. The van der Waals surface area contributed by atoms with Crippen molar-refractivity contribution in [1.29, 1.82) is 0 Å². The molecule has 2 amide bonds. The quantitative estimate of drug-likeness (QED) is 0.562. The van der Waals surface area contributed by atoms with Gasteiger partial charge in [0.1, 0.15) is 5.00 Å². The molecule has 4 rings (SSSR count). The highest BCUT2D eigenvalue weighted by atomic mass is 32.1. The average Bonchev–Trinajstić information content (AvgIpc) is 3.41. The lowest BCUT2D eigenvalue weighted by atomic mass is 9.98. The van der Waals surface area contributed by atoms with Gasteiger partial charge in [-0.05, 0) is 55.6 Å². The molecule has 2 N–H and O–H groups in total. The maximum absolute atomic E-state index is 12.8. The highest BCUT2D eigenvalue weighted by Crippen LogP contribution is 2.39. The first-order valence-electron chi connectivity index (χ1n) is 10.8. The van der Waals surface area contributed by atoms with Crippen LogP contribution in [-0.2, 0) is 19.4 Å². The highest BCUT2D eigenvalue weighted by Gasteiger charge is 2.28. The zero-order chi connectivity index (χ0) is 21.1. The van der Waals surface area contributed by atoms with Crippen LogP contribution in [0.3, 0.4) is 0 Å². The van der Waals surface area contributed by atoms with E-state index in [-0.39, 0.29) is 12.1 Å². The predicted molar refractivity (Wildman–Crippen MR) is 125 cm³/mol. The minimum Gasteiger partial charge on any atom is -0.331 e. The van der Waals surface area contributed by atoms with Crippen LogP contribution in [0.15, 0.2) is 48.8 Å². The van der Waals surface area contributed by atoms with Crippen molar-refractivity contribution in [3.63, 3.8) is 0 Å². The van der Waals surface area contributed by atoms with Gasteiger partial charge in [0.15, 0.2) is 0 Å². The summed E-state index contributed by atoms with van der Waals surface area (Å²) in [6, 6.07) is 11.8. The van der Waals surface area contributed by atoms with Gasteiger partial charge >= 0.3 is 6.03 Å². The van der Waals surface area contributed by atoms with Gasteiger partial charge in [-0.25, -0.2) is 4.79 Å². The summed E-state index contributed by atoms with van der Waals surface area (Å²) in [6.45, 7) is 9.54. The molecule has 1 aliphatic rings. The molecular weight excluding hydrogens is 392 g/mol. The van der Waals surface area contributed by atoms with Crippen molar-refractivity contribution in [2.45, 2.75) is 46.2 Å². The first kappa shape index (κ1) is 20.7. The Labute approximate surface area is 182 Å². The third kappa shape index (κ3) is 4.16. The normalized spacial score (nSPS) is 14.9. The Morgan fingerprint density at radius 3 is 2.67 bits per heavy atom. The number of anilines is 1. The molecule has 0 bridgehead atoms. The Balaban J connectivity index is 1.59. The number of carbonyl (C=O) groups excluding carboxylic acids is 1. The maximum atomic E-state index is 12.8. The number of amides is 2.